The standard InChI is InChI=1S/C32H60N4O7/c1-3-24-34-31(39)29(42-27(37)21-17-13-9-5-7-11-15-19-23-33)30(32(40)35-25-4-2)43-28(38)22-18-14-10-6-8-12-16-20-26-36-41/h29-30H,3-26,33H2,1-2H3,(H,34,39)(H,35,40)/t29-,30-/m1/s1. The summed E-state index contributed by atoms with van der Waals surface area (Å²) in [5.74, 6) is -2.50. The van der Waals surface area contributed by atoms with Crippen molar-refractivity contribution in [2.24, 2.45) is 10.9 Å². The zero-order valence-corrected chi connectivity index (χ0v) is 27.0. The van der Waals surface area contributed by atoms with E-state index in [1.165, 1.54) is 0 Å². The van der Waals surface area contributed by atoms with Crippen molar-refractivity contribution >= 4 is 23.8 Å². The molecule has 0 spiro atoms. The summed E-state index contributed by atoms with van der Waals surface area (Å²) < 4.78 is 11.0. The highest BCUT2D eigenvalue weighted by Gasteiger charge is 2.39. The summed E-state index contributed by atoms with van der Waals surface area (Å²) in [6.45, 7) is 5.54. The monoisotopic (exact) mass is 612 g/mol. The Morgan fingerprint density at radius 1 is 0.581 bits per heavy atom. The largest absolute Gasteiger partial charge is 0.448 e. The number of nitroso groups, excluding NO2 is 1. The predicted octanol–water partition coefficient (Wildman–Crippen LogP) is 5.61. The number of carbonyl (C=O) groups is 4. The van der Waals surface area contributed by atoms with Crippen molar-refractivity contribution in [2.75, 3.05) is 26.2 Å². The van der Waals surface area contributed by atoms with Crippen LogP contribution in [0.2, 0.25) is 0 Å². The molecule has 11 heteroatoms. The van der Waals surface area contributed by atoms with E-state index >= 15 is 0 Å². The van der Waals surface area contributed by atoms with Crippen LogP contribution in [0.4, 0.5) is 0 Å². The molecule has 0 aliphatic rings. The molecule has 43 heavy (non-hydrogen) atoms. The van der Waals surface area contributed by atoms with Crippen LogP contribution in [0.3, 0.4) is 0 Å². The minimum atomic E-state index is -1.56. The molecule has 0 aliphatic heterocycles. The van der Waals surface area contributed by atoms with Crippen molar-refractivity contribution in [3.05, 3.63) is 4.91 Å². The molecule has 0 bridgehead atoms. The molecule has 4 N–H and O–H groups in total. The van der Waals surface area contributed by atoms with E-state index in [2.05, 4.69) is 15.8 Å². The van der Waals surface area contributed by atoms with Gasteiger partial charge in [-0.25, -0.2) is 0 Å². The van der Waals surface area contributed by atoms with Crippen LogP contribution < -0.4 is 16.4 Å². The van der Waals surface area contributed by atoms with Gasteiger partial charge in [0, 0.05) is 25.9 Å². The van der Waals surface area contributed by atoms with Crippen LogP contribution in [-0.2, 0) is 28.7 Å². The van der Waals surface area contributed by atoms with Gasteiger partial charge in [0.15, 0.2) is 0 Å². The van der Waals surface area contributed by atoms with E-state index < -0.39 is 36.0 Å². The van der Waals surface area contributed by atoms with Crippen LogP contribution in [0.5, 0.6) is 0 Å². The van der Waals surface area contributed by atoms with Crippen LogP contribution in [0, 0.1) is 4.91 Å². The molecule has 11 nitrogen and oxygen atoms in total. The molecule has 0 heterocycles. The summed E-state index contributed by atoms with van der Waals surface area (Å²) in [7, 11) is 0. The third-order valence-electron chi connectivity index (χ3n) is 7.12. The van der Waals surface area contributed by atoms with Crippen molar-refractivity contribution in [2.45, 2.75) is 154 Å². The van der Waals surface area contributed by atoms with Crippen LogP contribution in [0.1, 0.15) is 142 Å². The molecule has 0 fully saturated rings. The minimum absolute atomic E-state index is 0.103. The van der Waals surface area contributed by atoms with E-state index in [9.17, 15) is 24.1 Å². The highest BCUT2D eigenvalue weighted by Crippen LogP contribution is 2.15. The fraction of sp³-hybridized carbons (Fsp3) is 0.875. The van der Waals surface area contributed by atoms with Gasteiger partial charge in [-0.2, -0.15) is 4.91 Å². The summed E-state index contributed by atoms with van der Waals surface area (Å²) in [6, 6.07) is 0. The number of nitrogens with one attached hydrogen (secondary N) is 2. The van der Waals surface area contributed by atoms with Gasteiger partial charge in [-0.05, 0) is 45.1 Å². The van der Waals surface area contributed by atoms with Crippen molar-refractivity contribution in [1.29, 1.82) is 0 Å². The second-order valence-electron chi connectivity index (χ2n) is 11.2. The summed E-state index contributed by atoms with van der Waals surface area (Å²) in [4.78, 5) is 61.6. The number of nitrogens with two attached hydrogens (primary N) is 1. The first-order valence-corrected chi connectivity index (χ1v) is 16.8. The Balaban J connectivity index is 4.95. The number of ether oxygens (including phenoxy) is 2. The van der Waals surface area contributed by atoms with Crippen LogP contribution in [0.15, 0.2) is 5.18 Å². The van der Waals surface area contributed by atoms with E-state index in [0.717, 1.165) is 96.4 Å². The molecule has 0 aliphatic carbocycles. The summed E-state index contributed by atoms with van der Waals surface area (Å²) in [5, 5.41) is 8.22. The van der Waals surface area contributed by atoms with Gasteiger partial charge in [0.05, 0.1) is 6.54 Å². The third-order valence-corrected chi connectivity index (χ3v) is 7.12. The predicted molar refractivity (Wildman–Crippen MR) is 169 cm³/mol. The lowest BCUT2D eigenvalue weighted by molar-refractivity contribution is -0.176. The number of unbranched alkanes of at least 4 members (excludes halogenated alkanes) is 14. The fourth-order valence-electron chi connectivity index (χ4n) is 4.58. The second-order valence-corrected chi connectivity index (χ2v) is 11.2. The molecule has 0 aromatic rings. The third kappa shape index (κ3) is 23.6. The van der Waals surface area contributed by atoms with Gasteiger partial charge in [0.1, 0.15) is 0 Å². The number of esters is 2. The number of nitrogens with zero attached hydrogens (tertiary/aromatic N) is 1. The summed E-state index contributed by atoms with van der Waals surface area (Å²) in [6.07, 6.45) is 13.9. The molecule has 2 amide bonds. The Morgan fingerprint density at radius 2 is 0.930 bits per heavy atom. The molecule has 0 rings (SSSR count). The number of carbonyl (C=O) groups excluding carboxylic acids is 4. The van der Waals surface area contributed by atoms with Crippen LogP contribution in [-0.4, -0.2) is 62.1 Å². The first-order chi connectivity index (χ1) is 20.9. The topological polar surface area (TPSA) is 166 Å². The Morgan fingerprint density at radius 3 is 1.28 bits per heavy atom. The molecule has 0 aromatic carbocycles. The van der Waals surface area contributed by atoms with E-state index in [4.69, 9.17) is 15.2 Å². The summed E-state index contributed by atoms with van der Waals surface area (Å²) >= 11 is 0. The first kappa shape index (κ1) is 40.4. The van der Waals surface area contributed by atoms with Gasteiger partial charge in [0.2, 0.25) is 12.2 Å². The highest BCUT2D eigenvalue weighted by molar-refractivity contribution is 5.93. The Hall–Kier alpha value is -2.56. The van der Waals surface area contributed by atoms with Gasteiger partial charge in [-0.15, -0.1) is 0 Å². The maximum atomic E-state index is 13.0. The molecular weight excluding hydrogens is 552 g/mol. The molecule has 0 radical (unpaired) electrons. The van der Waals surface area contributed by atoms with Crippen molar-refractivity contribution < 1.29 is 28.7 Å². The second kappa shape index (κ2) is 29.5. The van der Waals surface area contributed by atoms with Crippen molar-refractivity contribution in [3.63, 3.8) is 0 Å². The van der Waals surface area contributed by atoms with E-state index in [0.29, 0.717) is 45.3 Å². The highest BCUT2D eigenvalue weighted by atomic mass is 16.6. The smallest absolute Gasteiger partial charge is 0.306 e. The lowest BCUT2D eigenvalue weighted by Gasteiger charge is -2.25. The maximum absolute atomic E-state index is 13.0. The number of amides is 2. The van der Waals surface area contributed by atoms with Crippen molar-refractivity contribution in [1.82, 2.24) is 10.6 Å². The molecular formula is C32H60N4O7. The zero-order valence-electron chi connectivity index (χ0n) is 27.0. The lowest BCUT2D eigenvalue weighted by Crippen LogP contribution is -2.53. The molecule has 0 aromatic heterocycles. The summed E-state index contributed by atoms with van der Waals surface area (Å²) in [5.41, 5.74) is 5.52. The van der Waals surface area contributed by atoms with Crippen LogP contribution in [0.25, 0.3) is 0 Å². The minimum Gasteiger partial charge on any atom is -0.448 e. The maximum Gasteiger partial charge on any atom is 0.306 e. The van der Waals surface area contributed by atoms with Crippen molar-refractivity contribution in [3.8, 4) is 0 Å². The number of rotatable bonds is 30. The Labute approximate surface area is 259 Å². The number of hydrogen-bond acceptors (Lipinski definition) is 9. The quantitative estimate of drug-likeness (QED) is 0.0535. The molecule has 0 saturated heterocycles. The van der Waals surface area contributed by atoms with Gasteiger partial charge in [-0.1, -0.05) is 96.1 Å². The van der Waals surface area contributed by atoms with E-state index in [-0.39, 0.29) is 12.8 Å². The molecule has 2 atom stereocenters. The Bertz CT molecular complexity index is 751. The van der Waals surface area contributed by atoms with Gasteiger partial charge >= 0.3 is 11.9 Å². The van der Waals surface area contributed by atoms with Crippen LogP contribution >= 0.6 is 0 Å². The van der Waals surface area contributed by atoms with E-state index in [1.807, 2.05) is 13.8 Å². The lowest BCUT2D eigenvalue weighted by atomic mass is 10.1. The average Bonchev–Trinajstić information content (AvgIpc) is 3.00. The van der Waals surface area contributed by atoms with Gasteiger partial charge in [0.25, 0.3) is 11.8 Å². The van der Waals surface area contributed by atoms with Gasteiger partial charge in [-0.3, -0.25) is 19.2 Å². The SMILES string of the molecule is CCCNC(=O)[C@H](OC(=O)CCCCCCCCCCN)[C@@H](OC(=O)CCCCCCCCCCN=O)C(=O)NCCC. The first-order valence-electron chi connectivity index (χ1n) is 16.8. The molecule has 0 saturated carbocycles. The number of hydrogen-bond donors (Lipinski definition) is 3. The zero-order chi connectivity index (χ0) is 32.0. The molecule has 0 unspecified atom stereocenters. The normalized spacial score (nSPS) is 12.3. The Kier molecular flexibility index (Phi) is 27.8. The van der Waals surface area contributed by atoms with E-state index in [1.54, 1.807) is 0 Å². The average molecular weight is 613 g/mol. The fourth-order valence-corrected chi connectivity index (χ4v) is 4.58. The molecule has 250 valence electrons. The van der Waals surface area contributed by atoms with Gasteiger partial charge < -0.3 is 25.8 Å².